The van der Waals surface area contributed by atoms with E-state index in [1.807, 2.05) is 0 Å². The van der Waals surface area contributed by atoms with Gasteiger partial charge in [-0.1, -0.05) is 5.92 Å². The van der Waals surface area contributed by atoms with E-state index >= 15 is 0 Å². The Balaban J connectivity index is 2.17. The van der Waals surface area contributed by atoms with E-state index in [1.165, 1.54) is 0 Å². The van der Waals surface area contributed by atoms with Gasteiger partial charge in [-0.05, 0) is 0 Å². The van der Waals surface area contributed by atoms with E-state index in [0.717, 1.165) is 32.7 Å². The fraction of sp³-hybridized carbons (Fsp3) is 0.727. The molecule has 5 heteroatoms. The van der Waals surface area contributed by atoms with Crippen LogP contribution in [-0.4, -0.2) is 73.2 Å². The van der Waals surface area contributed by atoms with E-state index in [1.54, 1.807) is 0 Å². The highest BCUT2D eigenvalue weighted by Gasteiger charge is 2.17. The van der Waals surface area contributed by atoms with Crippen LogP contribution in [0.2, 0.25) is 0 Å². The Hall–Kier alpha value is -1.09. The lowest BCUT2D eigenvalue weighted by atomic mass is 10.3. The van der Waals surface area contributed by atoms with E-state index < -0.39 is 0 Å². The number of amides is 1. The van der Waals surface area contributed by atoms with Crippen molar-refractivity contribution in [3.8, 4) is 12.3 Å². The van der Waals surface area contributed by atoms with E-state index in [-0.39, 0.29) is 12.5 Å². The Morgan fingerprint density at radius 1 is 1.31 bits per heavy atom. The van der Waals surface area contributed by atoms with Gasteiger partial charge >= 0.3 is 0 Å². The van der Waals surface area contributed by atoms with Gasteiger partial charge in [0.15, 0.2) is 0 Å². The highest BCUT2D eigenvalue weighted by molar-refractivity contribution is 5.78. The van der Waals surface area contributed by atoms with Gasteiger partial charge < -0.3 is 10.4 Å². The summed E-state index contributed by atoms with van der Waals surface area (Å²) in [5.41, 5.74) is 0. The molecule has 1 amide bonds. The van der Waals surface area contributed by atoms with Gasteiger partial charge in [0.25, 0.3) is 0 Å². The molecule has 0 unspecified atom stereocenters. The first-order chi connectivity index (χ1) is 7.76. The summed E-state index contributed by atoms with van der Waals surface area (Å²) in [7, 11) is 0. The minimum absolute atomic E-state index is 0.0199. The summed E-state index contributed by atoms with van der Waals surface area (Å²) in [6.07, 6.45) is 5.05. The van der Waals surface area contributed by atoms with Crippen LogP contribution in [0, 0.1) is 12.3 Å². The van der Waals surface area contributed by atoms with Gasteiger partial charge in [-0.2, -0.15) is 0 Å². The predicted octanol–water partition coefficient (Wildman–Crippen LogP) is -1.65. The topological polar surface area (TPSA) is 55.8 Å². The maximum Gasteiger partial charge on any atom is 0.234 e. The first-order valence-corrected chi connectivity index (χ1v) is 5.52. The number of nitrogens with one attached hydrogen (secondary N) is 1. The molecule has 0 aromatic carbocycles. The van der Waals surface area contributed by atoms with Crippen LogP contribution in [0.4, 0.5) is 0 Å². The number of hydrogen-bond acceptors (Lipinski definition) is 4. The molecule has 1 rings (SSSR count). The quantitative estimate of drug-likeness (QED) is 0.550. The zero-order valence-corrected chi connectivity index (χ0v) is 9.48. The molecule has 5 nitrogen and oxygen atoms in total. The molecule has 0 saturated carbocycles. The first kappa shape index (κ1) is 13.0. The maximum absolute atomic E-state index is 11.4. The van der Waals surface area contributed by atoms with Gasteiger partial charge in [0.05, 0.1) is 19.7 Å². The molecule has 0 aliphatic carbocycles. The number of carbonyl (C=O) groups is 1. The average molecular weight is 225 g/mol. The first-order valence-electron chi connectivity index (χ1n) is 5.52. The summed E-state index contributed by atoms with van der Waals surface area (Å²) in [6, 6.07) is 0. The number of carbonyl (C=O) groups excluding carboxylic acids is 1. The third-order valence-corrected chi connectivity index (χ3v) is 2.64. The second-order valence-corrected chi connectivity index (χ2v) is 3.82. The van der Waals surface area contributed by atoms with Gasteiger partial charge in [0.2, 0.25) is 5.91 Å². The highest BCUT2D eigenvalue weighted by Crippen LogP contribution is 2.00. The Labute approximate surface area is 96.4 Å². The monoisotopic (exact) mass is 225 g/mol. The number of rotatable bonds is 5. The van der Waals surface area contributed by atoms with Crippen LogP contribution >= 0.6 is 0 Å². The van der Waals surface area contributed by atoms with Gasteiger partial charge in [-0.25, -0.2) is 0 Å². The van der Waals surface area contributed by atoms with Crippen LogP contribution in [0.5, 0.6) is 0 Å². The van der Waals surface area contributed by atoms with Gasteiger partial charge in [-0.3, -0.25) is 14.6 Å². The molecule has 1 aliphatic heterocycles. The summed E-state index contributed by atoms with van der Waals surface area (Å²) in [5, 5.41) is 11.4. The second-order valence-electron chi connectivity index (χ2n) is 3.82. The van der Waals surface area contributed by atoms with E-state index in [4.69, 9.17) is 11.5 Å². The van der Waals surface area contributed by atoms with E-state index in [9.17, 15) is 4.79 Å². The van der Waals surface area contributed by atoms with Crippen LogP contribution in [0.3, 0.4) is 0 Å². The second kappa shape index (κ2) is 7.23. The van der Waals surface area contributed by atoms with Crippen molar-refractivity contribution in [2.75, 3.05) is 52.4 Å². The lowest BCUT2D eigenvalue weighted by Gasteiger charge is -2.33. The van der Waals surface area contributed by atoms with E-state index in [0.29, 0.717) is 13.1 Å². The minimum atomic E-state index is -0.0199. The molecule has 0 aromatic heterocycles. The lowest BCUT2D eigenvalue weighted by molar-refractivity contribution is -0.122. The van der Waals surface area contributed by atoms with E-state index in [2.05, 4.69) is 21.0 Å². The highest BCUT2D eigenvalue weighted by atomic mass is 16.3. The fourth-order valence-electron chi connectivity index (χ4n) is 1.72. The maximum atomic E-state index is 11.4. The van der Waals surface area contributed by atoms with Crippen molar-refractivity contribution in [1.29, 1.82) is 0 Å². The molecule has 0 atom stereocenters. The summed E-state index contributed by atoms with van der Waals surface area (Å²) < 4.78 is 0. The largest absolute Gasteiger partial charge is 0.395 e. The fourth-order valence-corrected chi connectivity index (χ4v) is 1.72. The molecular formula is C11H19N3O2. The Kier molecular flexibility index (Phi) is 5.86. The summed E-state index contributed by atoms with van der Waals surface area (Å²) >= 11 is 0. The lowest BCUT2D eigenvalue weighted by Crippen LogP contribution is -2.50. The molecular weight excluding hydrogens is 206 g/mol. The van der Waals surface area contributed by atoms with Crippen molar-refractivity contribution in [1.82, 2.24) is 15.1 Å². The molecule has 0 radical (unpaired) electrons. The minimum Gasteiger partial charge on any atom is -0.395 e. The van der Waals surface area contributed by atoms with Crippen LogP contribution < -0.4 is 5.32 Å². The van der Waals surface area contributed by atoms with Crippen molar-refractivity contribution in [3.63, 3.8) is 0 Å². The summed E-state index contributed by atoms with van der Waals surface area (Å²) in [5.74, 6) is 2.35. The number of terminal acetylenes is 1. The van der Waals surface area contributed by atoms with Crippen LogP contribution in [0.15, 0.2) is 0 Å². The molecule has 16 heavy (non-hydrogen) atoms. The van der Waals surface area contributed by atoms with Crippen LogP contribution in [-0.2, 0) is 4.79 Å². The molecule has 0 aromatic rings. The summed E-state index contributed by atoms with van der Waals surface area (Å²) in [6.45, 7) is 5.16. The van der Waals surface area contributed by atoms with Gasteiger partial charge in [0, 0.05) is 32.7 Å². The standard InChI is InChI=1S/C11H19N3O2/c1-2-3-12-11(16)10-14-6-4-13(5-7-14)8-9-15/h1,15H,3-10H2,(H,12,16). The zero-order valence-electron chi connectivity index (χ0n) is 9.48. The number of aliphatic hydroxyl groups excluding tert-OH is 1. The molecule has 1 aliphatic rings. The van der Waals surface area contributed by atoms with Crippen LogP contribution in [0.25, 0.3) is 0 Å². The SMILES string of the molecule is C#CCNC(=O)CN1CCN(CCO)CC1. The number of hydrogen-bond donors (Lipinski definition) is 2. The van der Waals surface area contributed by atoms with Crippen molar-refractivity contribution >= 4 is 5.91 Å². The third-order valence-electron chi connectivity index (χ3n) is 2.64. The van der Waals surface area contributed by atoms with Gasteiger partial charge in [-0.15, -0.1) is 6.42 Å². The van der Waals surface area contributed by atoms with Crippen molar-refractivity contribution in [2.45, 2.75) is 0 Å². The number of piperazine rings is 1. The Morgan fingerprint density at radius 3 is 2.50 bits per heavy atom. The molecule has 0 bridgehead atoms. The zero-order chi connectivity index (χ0) is 11.8. The molecule has 0 spiro atoms. The average Bonchev–Trinajstić information content (AvgIpc) is 2.29. The molecule has 1 heterocycles. The smallest absolute Gasteiger partial charge is 0.234 e. The number of β-amino-alcohol motifs (C(OH)–C–C–N with tert-alkyl or cyclic N) is 1. The van der Waals surface area contributed by atoms with Crippen molar-refractivity contribution in [2.24, 2.45) is 0 Å². The normalized spacial score (nSPS) is 18.0. The van der Waals surface area contributed by atoms with Crippen molar-refractivity contribution < 1.29 is 9.90 Å². The molecule has 1 saturated heterocycles. The molecule has 1 fully saturated rings. The van der Waals surface area contributed by atoms with Crippen LogP contribution in [0.1, 0.15) is 0 Å². The Bertz CT molecular complexity index is 254. The molecule has 2 N–H and O–H groups in total. The Morgan fingerprint density at radius 2 is 1.94 bits per heavy atom. The van der Waals surface area contributed by atoms with Gasteiger partial charge in [0.1, 0.15) is 0 Å². The van der Waals surface area contributed by atoms with Crippen molar-refractivity contribution in [3.05, 3.63) is 0 Å². The third kappa shape index (κ3) is 4.62. The number of nitrogens with zero attached hydrogens (tertiary/aromatic N) is 2. The molecule has 90 valence electrons. The number of aliphatic hydroxyl groups is 1. The predicted molar refractivity (Wildman–Crippen MR) is 61.8 cm³/mol. The summed E-state index contributed by atoms with van der Waals surface area (Å²) in [4.78, 5) is 15.7.